The number of halogens is 2. The van der Waals surface area contributed by atoms with Crippen LogP contribution in [0.5, 0.6) is 0 Å². The molecule has 468 valence electrons. The van der Waals surface area contributed by atoms with Gasteiger partial charge in [0.15, 0.2) is 0 Å². The molecule has 3 unspecified atom stereocenters. The van der Waals surface area contributed by atoms with Crippen LogP contribution in [0.2, 0.25) is 0 Å². The molecule has 20 nitrogen and oxygen atoms in total. The lowest BCUT2D eigenvalue weighted by atomic mass is 9.83. The number of aromatic nitrogens is 1. The molecule has 0 radical (unpaired) electrons. The molecule has 1 aromatic heterocycles. The Morgan fingerprint density at radius 1 is 0.735 bits per heavy atom. The Bertz CT molecular complexity index is 2440. The van der Waals surface area contributed by atoms with Crippen LogP contribution in [0, 0.1) is 23.0 Å². The van der Waals surface area contributed by atoms with Gasteiger partial charge in [0.1, 0.15) is 35.8 Å². The molecule has 2 aromatic carbocycles. The lowest BCUT2D eigenvalue weighted by Crippen LogP contribution is -2.54. The number of thioether (sulfide) groups is 2. The molecule has 0 aliphatic heterocycles. The summed E-state index contributed by atoms with van der Waals surface area (Å²) >= 11 is 2.08. The first-order valence-electron chi connectivity index (χ1n) is 28.3. The number of hydrogen-bond acceptors (Lipinski definition) is 13. The van der Waals surface area contributed by atoms with Crippen molar-refractivity contribution in [2.24, 2.45) is 22.8 Å². The van der Waals surface area contributed by atoms with Gasteiger partial charge in [0.05, 0.1) is 17.5 Å². The van der Waals surface area contributed by atoms with Crippen LogP contribution >= 0.6 is 23.5 Å². The van der Waals surface area contributed by atoms with Crippen molar-refractivity contribution >= 4 is 70.9 Å². The molecule has 0 spiro atoms. The van der Waals surface area contributed by atoms with Crippen LogP contribution in [0.1, 0.15) is 139 Å². The van der Waals surface area contributed by atoms with Crippen molar-refractivity contribution in [3.05, 3.63) is 83.7 Å². The number of amides is 6. The van der Waals surface area contributed by atoms with Gasteiger partial charge in [-0.05, 0) is 87.7 Å². The predicted octanol–water partition coefficient (Wildman–Crippen LogP) is 6.46. The number of carbonyl (C=O) groups excluding carboxylic acids is 6. The minimum absolute atomic E-state index is 0.0245. The summed E-state index contributed by atoms with van der Waals surface area (Å²) in [5.41, 5.74) is 12.2. The second kappa shape index (κ2) is 41.8. The largest absolute Gasteiger partial charge is 0.480 e. The average Bonchev–Trinajstić information content (AvgIpc) is 4.12. The van der Waals surface area contributed by atoms with E-state index in [1.807, 2.05) is 83.4 Å². The van der Waals surface area contributed by atoms with Crippen LogP contribution in [0.4, 0.5) is 8.78 Å². The van der Waals surface area contributed by atoms with Crippen molar-refractivity contribution in [1.82, 2.24) is 36.1 Å². The van der Waals surface area contributed by atoms with Gasteiger partial charge in [-0.1, -0.05) is 99.1 Å². The zero-order valence-corrected chi connectivity index (χ0v) is 52.3. The number of unbranched alkanes of at least 4 members (excludes halogenated alkanes) is 2. The molecule has 3 rings (SSSR count). The maximum absolute atomic E-state index is 15.4. The Hall–Kier alpha value is -6.08. The monoisotopic (exact) mass is 1210 g/mol. The van der Waals surface area contributed by atoms with Crippen LogP contribution in [-0.2, 0) is 44.9 Å². The van der Waals surface area contributed by atoms with E-state index in [9.17, 15) is 47.9 Å². The van der Waals surface area contributed by atoms with Gasteiger partial charge >= 0.3 is 11.9 Å². The Morgan fingerprint density at radius 2 is 1.36 bits per heavy atom. The molecule has 0 saturated carbocycles. The van der Waals surface area contributed by atoms with Gasteiger partial charge < -0.3 is 62.8 Å². The number of aliphatic hydroxyl groups excluding tert-OH is 1. The molecule has 0 fully saturated rings. The highest BCUT2D eigenvalue weighted by molar-refractivity contribution is 8.00. The second-order valence-corrected chi connectivity index (χ2v) is 22.8. The van der Waals surface area contributed by atoms with Crippen molar-refractivity contribution in [2.75, 3.05) is 49.2 Å². The molecule has 0 saturated heterocycles. The third kappa shape index (κ3) is 30.9. The summed E-state index contributed by atoms with van der Waals surface area (Å²) in [6.07, 6.45) is 4.03. The first-order valence-corrected chi connectivity index (χ1v) is 30.6. The highest BCUT2D eigenvalue weighted by Crippen LogP contribution is 2.41. The van der Waals surface area contributed by atoms with Crippen molar-refractivity contribution in [1.29, 1.82) is 0 Å². The van der Waals surface area contributed by atoms with E-state index in [1.165, 1.54) is 6.92 Å². The highest BCUT2D eigenvalue weighted by Gasteiger charge is 2.37. The second-order valence-electron chi connectivity index (χ2n) is 20.6. The molecule has 1 heterocycles. The smallest absolute Gasteiger partial charge is 0.328 e. The maximum atomic E-state index is 15.4. The number of rotatable bonds is 33. The lowest BCUT2D eigenvalue weighted by molar-refractivity contribution is -0.141. The van der Waals surface area contributed by atoms with E-state index < -0.39 is 89.4 Å². The van der Waals surface area contributed by atoms with Gasteiger partial charge in [-0.2, -0.15) is 11.8 Å². The van der Waals surface area contributed by atoms with E-state index in [-0.39, 0.29) is 84.8 Å². The van der Waals surface area contributed by atoms with Crippen LogP contribution in [0.3, 0.4) is 0 Å². The van der Waals surface area contributed by atoms with Gasteiger partial charge in [-0.25, -0.2) is 13.6 Å². The summed E-state index contributed by atoms with van der Waals surface area (Å²) in [5.74, 6) is -7.34. The minimum atomic E-state index is -1.48. The normalized spacial score (nSPS) is 12.7. The molecular weight excluding hydrogens is 1110 g/mol. The molecule has 0 aliphatic carbocycles. The predicted molar refractivity (Wildman–Crippen MR) is 326 cm³/mol. The zero-order chi connectivity index (χ0) is 63.4. The Labute approximate surface area is 498 Å². The number of nitrogens with one attached hydrogen (secondary N) is 5. The molecule has 3 aromatic rings. The fourth-order valence-electron chi connectivity index (χ4n) is 7.87. The van der Waals surface area contributed by atoms with E-state index >= 15 is 4.39 Å². The third-order valence-corrected chi connectivity index (χ3v) is 13.8. The summed E-state index contributed by atoms with van der Waals surface area (Å²) in [6.45, 7) is 22.9. The topological polar surface area (TPSA) is 318 Å². The number of aliphatic carboxylic acids is 2. The number of carbonyl (C=O) groups is 8. The first kappa shape index (κ1) is 76.9. The maximum Gasteiger partial charge on any atom is 0.328 e. The lowest BCUT2D eigenvalue weighted by Gasteiger charge is -2.41. The zero-order valence-electron chi connectivity index (χ0n) is 50.7. The molecular formula is C59H95F2N9O11S2. The molecule has 6 amide bonds. The van der Waals surface area contributed by atoms with Gasteiger partial charge in [-0.15, -0.1) is 11.8 Å². The quantitative estimate of drug-likeness (QED) is 0.0293. The molecule has 0 aliphatic rings. The number of nitrogens with two attached hydrogens (primary N) is 2. The van der Waals surface area contributed by atoms with Crippen LogP contribution in [0.15, 0.2) is 60.8 Å². The van der Waals surface area contributed by atoms with Crippen LogP contribution in [0.25, 0.3) is 11.1 Å². The van der Waals surface area contributed by atoms with Crippen molar-refractivity contribution < 1.29 is 62.5 Å². The summed E-state index contributed by atoms with van der Waals surface area (Å²) < 4.78 is 31.9. The summed E-state index contributed by atoms with van der Waals surface area (Å²) in [6, 6.07) is 9.16. The Morgan fingerprint density at radius 3 is 1.94 bits per heavy atom. The van der Waals surface area contributed by atoms with E-state index in [1.54, 1.807) is 44.9 Å². The standard InChI is InChI=1S/C52H75F2N9O10S2.C3H8O.2C2H6/c1-32(2)46(61-42(64)16-11-8-12-20-55)49(69)59-33(3)48(68)57-21-13-22-63(45(67)31-74-23-19-43(65)60-40(51(72)73)26-58-44(66)30-75-29-39(56)50(70)71)47(52(4,5)6)41-24-35(37-25-36(53)17-18-38(37)54)28-62(41)27-34-14-9-7-10-15-34;1-3(2)4;2*1-2/h7,9-10,14-15,17-18,24-25,28,32-33,39-40,46-47H,8,11-13,16,19-23,26-27,29-31,55-56H2,1-6H3,(H,57,68)(H,58,66)(H,59,69)(H,60,65)(H,61,64)(H,70,71)(H,72,73);3-4H,1-2H3;2*1-2H3/t33-,39-,40?,46?,47?;;;/m0.../s1. The number of benzene rings is 2. The molecule has 24 heteroatoms. The van der Waals surface area contributed by atoms with Crippen molar-refractivity contribution in [3.63, 3.8) is 0 Å². The van der Waals surface area contributed by atoms with Gasteiger partial charge in [-0.3, -0.25) is 33.6 Å². The van der Waals surface area contributed by atoms with Gasteiger partial charge in [0.25, 0.3) is 0 Å². The van der Waals surface area contributed by atoms with Crippen LogP contribution in [-0.4, -0.2) is 152 Å². The van der Waals surface area contributed by atoms with E-state index in [4.69, 9.17) is 21.7 Å². The number of carboxylic acid groups (broad SMARTS) is 2. The molecule has 83 heavy (non-hydrogen) atoms. The number of hydrogen-bond donors (Lipinski definition) is 10. The third-order valence-electron chi connectivity index (χ3n) is 11.8. The van der Waals surface area contributed by atoms with Gasteiger partial charge in [0, 0.05) is 79.6 Å². The molecule has 0 bridgehead atoms. The SMILES string of the molecule is CC.CC.CC(C)C(NC(=O)CCCCCN)C(=O)N[C@@H](C)C(=O)NCCCN(C(=O)CSCCC(=O)NC(CNC(=O)CSC[C@H](N)C(=O)O)C(=O)O)C(c1cc(-c2cc(F)ccc2F)cn1Cc1ccccc1)C(C)(C)C.CC(C)O. The van der Waals surface area contributed by atoms with Gasteiger partial charge in [0.2, 0.25) is 35.4 Å². The van der Waals surface area contributed by atoms with E-state index in [2.05, 4.69) is 26.6 Å². The van der Waals surface area contributed by atoms with Crippen LogP contribution < -0.4 is 38.1 Å². The first-order chi connectivity index (χ1) is 39.2. The molecule has 12 N–H and O–H groups in total. The summed E-state index contributed by atoms with van der Waals surface area (Å²) in [7, 11) is 0. The number of aliphatic hydroxyl groups is 1. The summed E-state index contributed by atoms with van der Waals surface area (Å²) in [4.78, 5) is 104. The Kier molecular flexibility index (Phi) is 38.8. The Balaban J connectivity index is 0.00000794. The minimum Gasteiger partial charge on any atom is -0.480 e. The van der Waals surface area contributed by atoms with Crippen molar-refractivity contribution in [2.45, 2.75) is 164 Å². The average molecular weight is 1210 g/mol. The number of nitrogens with zero attached hydrogens (tertiary/aromatic N) is 2. The fourth-order valence-corrected chi connectivity index (χ4v) is 9.49. The summed E-state index contributed by atoms with van der Waals surface area (Å²) in [5, 5.41) is 39.8. The highest BCUT2D eigenvalue weighted by atomic mass is 32.2. The molecule has 5 atom stereocenters. The van der Waals surface area contributed by atoms with E-state index in [0.717, 1.165) is 60.1 Å². The van der Waals surface area contributed by atoms with Crippen molar-refractivity contribution in [3.8, 4) is 11.1 Å². The van der Waals surface area contributed by atoms with E-state index in [0.29, 0.717) is 30.8 Å². The number of carboxylic acids is 2. The fraction of sp³-hybridized carbons (Fsp3) is 0.593.